The molecule has 2 atom stereocenters. The van der Waals surface area contributed by atoms with E-state index in [1.54, 1.807) is 0 Å². The molecular weight excluding hydrogens is 247 g/mol. The molecule has 0 saturated carbocycles. The fourth-order valence-corrected chi connectivity index (χ4v) is 1.60. The Balaban J connectivity index is 3.06. The summed E-state index contributed by atoms with van der Waals surface area (Å²) in [5.74, 6) is 0.973. The molecule has 0 aliphatic carbocycles. The second-order valence-corrected chi connectivity index (χ2v) is 5.96. The fourth-order valence-electron chi connectivity index (χ4n) is 0.324. The molecule has 9 heavy (non-hydrogen) atoms. The maximum atomic E-state index is 5.57. The molecule has 2 nitrogen and oxygen atoms in total. The average molecular weight is 260 g/mol. The van der Waals surface area contributed by atoms with Crippen LogP contribution in [0, 0.1) is 0 Å². The first-order chi connectivity index (χ1) is 4.16. The number of hydrogen-bond donors (Lipinski definition) is 2. The van der Waals surface area contributed by atoms with Crippen LogP contribution >= 0.6 is 34.4 Å². The lowest BCUT2D eigenvalue weighted by Crippen LogP contribution is -2.32. The Morgan fingerprint density at radius 3 is 2.56 bits per heavy atom. The fraction of sp³-hybridized carbons (Fsp3) is 1.00. The third-order valence-electron chi connectivity index (χ3n) is 0.843. The molecule has 0 aromatic rings. The third kappa shape index (κ3) is 6.89. The van der Waals surface area contributed by atoms with Crippen molar-refractivity contribution in [1.82, 2.24) is 0 Å². The van der Waals surface area contributed by atoms with Crippen molar-refractivity contribution in [3.63, 3.8) is 0 Å². The predicted molar refractivity (Wildman–Crippen MR) is 53.0 cm³/mol. The number of hydrogen-bond acceptors (Lipinski definition) is 3. The van der Waals surface area contributed by atoms with E-state index in [9.17, 15) is 0 Å². The summed E-state index contributed by atoms with van der Waals surface area (Å²) in [6.07, 6.45) is 0. The topological polar surface area (TPSA) is 52.0 Å². The standard InChI is InChI=1S/C5H13IN2S/c1-4(6)9-3-5(8)2-7/h4-5H,2-3,7-8H2,1H3. The summed E-state index contributed by atoms with van der Waals surface area (Å²) >= 11 is 4.20. The smallest absolute Gasteiger partial charge is 0.0537 e. The van der Waals surface area contributed by atoms with Gasteiger partial charge < -0.3 is 11.5 Å². The van der Waals surface area contributed by atoms with E-state index < -0.39 is 0 Å². The zero-order valence-corrected chi connectivity index (χ0v) is 8.48. The van der Waals surface area contributed by atoms with E-state index in [1.807, 2.05) is 11.8 Å². The van der Waals surface area contributed by atoms with E-state index in [0.29, 0.717) is 9.80 Å². The van der Waals surface area contributed by atoms with E-state index in [0.717, 1.165) is 5.75 Å². The minimum atomic E-state index is 0.173. The van der Waals surface area contributed by atoms with Crippen LogP contribution in [-0.2, 0) is 0 Å². The van der Waals surface area contributed by atoms with E-state index >= 15 is 0 Å². The first-order valence-corrected chi connectivity index (χ1v) is 5.17. The van der Waals surface area contributed by atoms with Crippen molar-refractivity contribution >= 4 is 34.4 Å². The molecule has 0 spiro atoms. The van der Waals surface area contributed by atoms with Gasteiger partial charge in [0.2, 0.25) is 0 Å². The monoisotopic (exact) mass is 260 g/mol. The Bertz CT molecular complexity index is 70.0. The van der Waals surface area contributed by atoms with Gasteiger partial charge in [-0.3, -0.25) is 0 Å². The van der Waals surface area contributed by atoms with Crippen LogP contribution in [0.2, 0.25) is 0 Å². The Kier molecular flexibility index (Phi) is 6.40. The van der Waals surface area contributed by atoms with Crippen LogP contribution in [0.3, 0.4) is 0 Å². The number of alkyl halides is 1. The van der Waals surface area contributed by atoms with Gasteiger partial charge >= 0.3 is 0 Å². The quantitative estimate of drug-likeness (QED) is 0.580. The number of halogens is 1. The summed E-state index contributed by atoms with van der Waals surface area (Å²) in [4.78, 5) is 0. The molecule has 0 aromatic carbocycles. The van der Waals surface area contributed by atoms with Crippen molar-refractivity contribution in [3.05, 3.63) is 0 Å². The van der Waals surface area contributed by atoms with Crippen LogP contribution in [-0.4, -0.2) is 21.6 Å². The summed E-state index contributed by atoms with van der Waals surface area (Å²) in [5, 5.41) is 0. The molecule has 0 aliphatic heterocycles. The molecule has 0 amide bonds. The maximum Gasteiger partial charge on any atom is 0.0537 e. The molecule has 0 aromatic heterocycles. The van der Waals surface area contributed by atoms with Gasteiger partial charge in [0.1, 0.15) is 0 Å². The summed E-state index contributed by atoms with van der Waals surface area (Å²) < 4.78 is 0.639. The largest absolute Gasteiger partial charge is 0.329 e. The molecule has 4 heteroatoms. The van der Waals surface area contributed by atoms with Crippen LogP contribution in [0.1, 0.15) is 6.92 Å². The minimum absolute atomic E-state index is 0.173. The highest BCUT2D eigenvalue weighted by molar-refractivity contribution is 14.1. The van der Waals surface area contributed by atoms with Gasteiger partial charge in [0.05, 0.1) is 3.26 Å². The van der Waals surface area contributed by atoms with Crippen LogP contribution in [0.4, 0.5) is 0 Å². The molecule has 0 heterocycles. The Morgan fingerprint density at radius 1 is 1.67 bits per heavy atom. The zero-order valence-electron chi connectivity index (χ0n) is 5.51. The second-order valence-electron chi connectivity index (χ2n) is 1.87. The SMILES string of the molecule is CC(I)SCC(N)CN. The first-order valence-electron chi connectivity index (χ1n) is 2.88. The lowest BCUT2D eigenvalue weighted by molar-refractivity contribution is 0.763. The van der Waals surface area contributed by atoms with Gasteiger partial charge in [0.25, 0.3) is 0 Å². The molecule has 0 radical (unpaired) electrons. The molecule has 0 rings (SSSR count). The molecule has 0 fully saturated rings. The molecular formula is C5H13IN2S. The molecule has 0 bridgehead atoms. The summed E-state index contributed by atoms with van der Waals surface area (Å²) in [6, 6.07) is 0.173. The van der Waals surface area contributed by atoms with Crippen molar-refractivity contribution in [1.29, 1.82) is 0 Å². The highest BCUT2D eigenvalue weighted by Gasteiger charge is 2.01. The minimum Gasteiger partial charge on any atom is -0.329 e. The number of thioether (sulfide) groups is 1. The first kappa shape index (κ1) is 10.0. The summed E-state index contributed by atoms with van der Waals surface area (Å²) in [5.41, 5.74) is 10.9. The lowest BCUT2D eigenvalue weighted by atomic mass is 10.4. The van der Waals surface area contributed by atoms with Crippen LogP contribution in [0.5, 0.6) is 0 Å². The van der Waals surface area contributed by atoms with Crippen LogP contribution in [0.15, 0.2) is 0 Å². The summed E-state index contributed by atoms with van der Waals surface area (Å²) in [7, 11) is 0. The molecule has 0 aliphatic rings. The number of rotatable bonds is 4. The van der Waals surface area contributed by atoms with Gasteiger partial charge in [-0.1, -0.05) is 22.6 Å². The maximum absolute atomic E-state index is 5.57. The third-order valence-corrected chi connectivity index (χ3v) is 3.00. The molecule has 4 N–H and O–H groups in total. The highest BCUT2D eigenvalue weighted by Crippen LogP contribution is 2.16. The highest BCUT2D eigenvalue weighted by atomic mass is 127. The van der Waals surface area contributed by atoms with Gasteiger partial charge in [-0.15, -0.1) is 11.8 Å². The Morgan fingerprint density at radius 2 is 2.22 bits per heavy atom. The summed E-state index contributed by atoms with van der Waals surface area (Å²) in [6.45, 7) is 2.74. The van der Waals surface area contributed by atoms with Crippen LogP contribution in [0.25, 0.3) is 0 Å². The van der Waals surface area contributed by atoms with Crippen molar-refractivity contribution in [2.45, 2.75) is 16.2 Å². The number of nitrogens with two attached hydrogens (primary N) is 2. The van der Waals surface area contributed by atoms with Gasteiger partial charge in [0, 0.05) is 18.3 Å². The lowest BCUT2D eigenvalue weighted by Gasteiger charge is -2.08. The second kappa shape index (κ2) is 5.76. The average Bonchev–Trinajstić information content (AvgIpc) is 1.83. The van der Waals surface area contributed by atoms with Gasteiger partial charge in [-0.25, -0.2) is 0 Å². The van der Waals surface area contributed by atoms with E-state index in [4.69, 9.17) is 11.5 Å². The van der Waals surface area contributed by atoms with Crippen molar-refractivity contribution in [3.8, 4) is 0 Å². The molecule has 2 unspecified atom stereocenters. The van der Waals surface area contributed by atoms with Crippen molar-refractivity contribution in [2.75, 3.05) is 12.3 Å². The van der Waals surface area contributed by atoms with E-state index in [1.165, 1.54) is 0 Å². The zero-order chi connectivity index (χ0) is 7.28. The van der Waals surface area contributed by atoms with Gasteiger partial charge in [0.15, 0.2) is 0 Å². The predicted octanol–water partition coefficient (Wildman–Crippen LogP) is 0.787. The normalized spacial score (nSPS) is 17.3. The van der Waals surface area contributed by atoms with E-state index in [-0.39, 0.29) is 6.04 Å². The molecule has 56 valence electrons. The van der Waals surface area contributed by atoms with Crippen LogP contribution < -0.4 is 11.5 Å². The van der Waals surface area contributed by atoms with Gasteiger partial charge in [-0.05, 0) is 6.92 Å². The Labute approximate surface area is 74.3 Å². The van der Waals surface area contributed by atoms with E-state index in [2.05, 4.69) is 29.5 Å². The van der Waals surface area contributed by atoms with Gasteiger partial charge in [-0.2, -0.15) is 0 Å². The van der Waals surface area contributed by atoms with Crippen molar-refractivity contribution < 1.29 is 0 Å². The molecule has 0 saturated heterocycles. The van der Waals surface area contributed by atoms with Crippen molar-refractivity contribution in [2.24, 2.45) is 11.5 Å². The Hall–Kier alpha value is 1.00.